The fourth-order valence-electron chi connectivity index (χ4n) is 1.27. The van der Waals surface area contributed by atoms with E-state index in [1.54, 1.807) is 5.32 Å². The minimum atomic E-state index is -4.85. The van der Waals surface area contributed by atoms with E-state index in [0.717, 1.165) is 0 Å². The first-order chi connectivity index (χ1) is 9.05. The first kappa shape index (κ1) is 16.3. The molecular formula is C11H10F6N2O. The van der Waals surface area contributed by atoms with Gasteiger partial charge in [-0.15, -0.1) is 0 Å². The molecule has 1 aromatic rings. The van der Waals surface area contributed by atoms with Crippen LogP contribution < -0.4 is 11.1 Å². The zero-order valence-electron chi connectivity index (χ0n) is 9.90. The van der Waals surface area contributed by atoms with E-state index >= 15 is 0 Å². The van der Waals surface area contributed by atoms with E-state index in [1.807, 2.05) is 0 Å². The molecule has 1 amide bonds. The molecule has 1 aromatic carbocycles. The average Bonchev–Trinajstić information content (AvgIpc) is 2.34. The van der Waals surface area contributed by atoms with Crippen LogP contribution in [-0.2, 0) is 6.18 Å². The van der Waals surface area contributed by atoms with E-state index in [2.05, 4.69) is 0 Å². The topological polar surface area (TPSA) is 55.1 Å². The van der Waals surface area contributed by atoms with Crippen LogP contribution in [-0.4, -0.2) is 24.9 Å². The summed E-state index contributed by atoms with van der Waals surface area (Å²) in [7, 11) is 0. The highest BCUT2D eigenvalue weighted by Gasteiger charge is 2.32. The van der Waals surface area contributed by atoms with E-state index in [4.69, 9.17) is 5.73 Å². The zero-order valence-corrected chi connectivity index (χ0v) is 9.90. The molecule has 1 rings (SSSR count). The van der Waals surface area contributed by atoms with E-state index in [9.17, 15) is 31.1 Å². The summed E-state index contributed by atoms with van der Waals surface area (Å²) >= 11 is 0. The van der Waals surface area contributed by atoms with Gasteiger partial charge >= 0.3 is 6.18 Å². The molecule has 3 N–H and O–H groups in total. The quantitative estimate of drug-likeness (QED) is 0.837. The van der Waals surface area contributed by atoms with E-state index in [1.165, 1.54) is 0 Å². The van der Waals surface area contributed by atoms with Crippen molar-refractivity contribution in [1.82, 2.24) is 5.32 Å². The van der Waals surface area contributed by atoms with Crippen LogP contribution in [0.25, 0.3) is 0 Å². The van der Waals surface area contributed by atoms with Gasteiger partial charge < -0.3 is 11.1 Å². The maximum Gasteiger partial charge on any atom is 0.416 e. The number of alkyl halides is 5. The van der Waals surface area contributed by atoms with E-state index in [0.29, 0.717) is 12.1 Å². The SMILES string of the molecule is NCC(F)(F)CNC(=O)c1cc(F)cc(C(F)(F)F)c1. The number of hydrogen-bond donors (Lipinski definition) is 2. The highest BCUT2D eigenvalue weighted by atomic mass is 19.4. The largest absolute Gasteiger partial charge is 0.416 e. The lowest BCUT2D eigenvalue weighted by Gasteiger charge is -2.15. The molecule has 0 saturated carbocycles. The molecule has 0 aromatic heterocycles. The number of rotatable bonds is 4. The lowest BCUT2D eigenvalue weighted by atomic mass is 10.1. The second-order valence-electron chi connectivity index (χ2n) is 3.97. The maximum atomic E-state index is 13.0. The monoisotopic (exact) mass is 300 g/mol. The summed E-state index contributed by atoms with van der Waals surface area (Å²) in [4.78, 5) is 11.4. The second-order valence-corrected chi connectivity index (χ2v) is 3.97. The Labute approximate surface area is 109 Å². The predicted octanol–water partition coefficient (Wildman–Crippen LogP) is 2.17. The molecule has 0 heterocycles. The van der Waals surface area contributed by atoms with Crippen molar-refractivity contribution in [1.29, 1.82) is 0 Å². The predicted molar refractivity (Wildman–Crippen MR) is 57.7 cm³/mol. The van der Waals surface area contributed by atoms with Gasteiger partial charge in [0.25, 0.3) is 11.8 Å². The van der Waals surface area contributed by atoms with Crippen molar-refractivity contribution >= 4 is 5.91 Å². The Balaban J connectivity index is 2.91. The molecule has 0 spiro atoms. The molecule has 0 radical (unpaired) electrons. The van der Waals surface area contributed by atoms with Crippen molar-refractivity contribution in [3.63, 3.8) is 0 Å². The molecular weight excluding hydrogens is 290 g/mol. The van der Waals surface area contributed by atoms with Crippen LogP contribution in [0.4, 0.5) is 26.3 Å². The highest BCUT2D eigenvalue weighted by molar-refractivity contribution is 5.94. The molecule has 3 nitrogen and oxygen atoms in total. The van der Waals surface area contributed by atoms with Gasteiger partial charge in [0.2, 0.25) is 0 Å². The molecule has 0 aliphatic rings. The summed E-state index contributed by atoms with van der Waals surface area (Å²) in [5.41, 5.74) is 2.64. The summed E-state index contributed by atoms with van der Waals surface area (Å²) < 4.78 is 75.8. The third-order valence-corrected chi connectivity index (χ3v) is 2.29. The van der Waals surface area contributed by atoms with Crippen LogP contribution in [0.3, 0.4) is 0 Å². The van der Waals surface area contributed by atoms with Crippen molar-refractivity contribution in [2.24, 2.45) is 5.73 Å². The zero-order chi connectivity index (χ0) is 15.6. The number of nitrogens with one attached hydrogen (secondary N) is 1. The molecule has 0 aliphatic heterocycles. The third kappa shape index (κ3) is 4.41. The number of amides is 1. The van der Waals surface area contributed by atoms with E-state index in [-0.39, 0.29) is 6.07 Å². The van der Waals surface area contributed by atoms with Gasteiger partial charge in [-0.1, -0.05) is 0 Å². The van der Waals surface area contributed by atoms with Gasteiger partial charge in [-0.25, -0.2) is 13.2 Å². The van der Waals surface area contributed by atoms with Gasteiger partial charge in [-0.05, 0) is 18.2 Å². The third-order valence-electron chi connectivity index (χ3n) is 2.29. The molecule has 0 atom stereocenters. The first-order valence-corrected chi connectivity index (χ1v) is 5.29. The lowest BCUT2D eigenvalue weighted by molar-refractivity contribution is -0.137. The molecule has 0 bridgehead atoms. The van der Waals surface area contributed by atoms with Gasteiger partial charge in [0.15, 0.2) is 0 Å². The minimum Gasteiger partial charge on any atom is -0.346 e. The molecule has 112 valence electrons. The Hall–Kier alpha value is -1.77. The standard InChI is InChI=1S/C11H10F6N2O/c12-8-2-6(1-7(3-8)11(15,16)17)9(20)19-5-10(13,14)4-18/h1-3H,4-5,18H2,(H,19,20). The fourth-order valence-corrected chi connectivity index (χ4v) is 1.27. The molecule has 9 heteroatoms. The summed E-state index contributed by atoms with van der Waals surface area (Å²) in [6.45, 7) is -2.19. The first-order valence-electron chi connectivity index (χ1n) is 5.29. The van der Waals surface area contributed by atoms with Crippen LogP contribution >= 0.6 is 0 Å². The van der Waals surface area contributed by atoms with Crippen LogP contribution in [0.1, 0.15) is 15.9 Å². The number of halogens is 6. The van der Waals surface area contributed by atoms with Crippen LogP contribution in [0.5, 0.6) is 0 Å². The normalized spacial score (nSPS) is 12.3. The number of benzene rings is 1. The van der Waals surface area contributed by atoms with Gasteiger partial charge in [0.1, 0.15) is 5.82 Å². The van der Waals surface area contributed by atoms with Gasteiger partial charge in [-0.2, -0.15) is 13.2 Å². The Morgan fingerprint density at radius 1 is 1.15 bits per heavy atom. The van der Waals surface area contributed by atoms with Gasteiger partial charge in [-0.3, -0.25) is 4.79 Å². The highest BCUT2D eigenvalue weighted by Crippen LogP contribution is 2.30. The summed E-state index contributed by atoms with van der Waals surface area (Å²) in [6, 6.07) is 1.09. The Bertz CT molecular complexity index is 500. The van der Waals surface area contributed by atoms with E-state index < -0.39 is 48.0 Å². The summed E-state index contributed by atoms with van der Waals surface area (Å²) in [5.74, 6) is -5.94. The number of carbonyl (C=O) groups excluding carboxylic acids is 1. The van der Waals surface area contributed by atoms with Gasteiger partial charge in [0.05, 0.1) is 18.7 Å². The lowest BCUT2D eigenvalue weighted by Crippen LogP contribution is -2.41. The second kappa shape index (κ2) is 5.70. The van der Waals surface area contributed by atoms with Crippen molar-refractivity contribution in [3.05, 3.63) is 35.1 Å². The van der Waals surface area contributed by atoms with Crippen LogP contribution in [0, 0.1) is 5.82 Å². The molecule has 0 unspecified atom stereocenters. The van der Waals surface area contributed by atoms with Crippen molar-refractivity contribution < 1.29 is 31.1 Å². The van der Waals surface area contributed by atoms with Crippen LogP contribution in [0.2, 0.25) is 0 Å². The Morgan fingerprint density at radius 3 is 2.25 bits per heavy atom. The number of hydrogen-bond acceptors (Lipinski definition) is 2. The molecule has 20 heavy (non-hydrogen) atoms. The Kier molecular flexibility index (Phi) is 4.64. The summed E-state index contributed by atoms with van der Waals surface area (Å²) in [5, 5.41) is 1.69. The molecule has 0 aliphatic carbocycles. The van der Waals surface area contributed by atoms with Crippen LogP contribution in [0.15, 0.2) is 18.2 Å². The minimum absolute atomic E-state index is 0.200. The maximum absolute atomic E-state index is 13.0. The smallest absolute Gasteiger partial charge is 0.346 e. The van der Waals surface area contributed by atoms with Gasteiger partial charge in [0, 0.05) is 5.56 Å². The average molecular weight is 300 g/mol. The number of nitrogens with two attached hydrogens (primary N) is 1. The summed E-state index contributed by atoms with van der Waals surface area (Å²) in [6.07, 6.45) is -4.85. The van der Waals surface area contributed by atoms with Crippen molar-refractivity contribution in [2.45, 2.75) is 12.1 Å². The number of carbonyl (C=O) groups is 1. The molecule has 0 saturated heterocycles. The fraction of sp³-hybridized carbons (Fsp3) is 0.364. The molecule has 0 fully saturated rings. The van der Waals surface area contributed by atoms with Crippen molar-refractivity contribution in [3.8, 4) is 0 Å². The Morgan fingerprint density at radius 2 is 1.75 bits per heavy atom. The van der Waals surface area contributed by atoms with Crippen molar-refractivity contribution in [2.75, 3.05) is 13.1 Å².